The van der Waals surface area contributed by atoms with Crippen LogP contribution in [0.15, 0.2) is 24.3 Å². The lowest BCUT2D eigenvalue weighted by atomic mass is 9.84. The van der Waals surface area contributed by atoms with Crippen molar-refractivity contribution in [3.8, 4) is 6.07 Å². The average molecular weight is 296 g/mol. The van der Waals surface area contributed by atoms with E-state index in [1.807, 2.05) is 24.3 Å². The van der Waals surface area contributed by atoms with Gasteiger partial charge in [-0.2, -0.15) is 5.26 Å². The van der Waals surface area contributed by atoms with Gasteiger partial charge in [-0.3, -0.25) is 4.79 Å². The Kier molecular flexibility index (Phi) is 4.47. The average Bonchev–Trinajstić information content (AvgIpc) is 3.16. The molecule has 1 N–H and O–H groups in total. The summed E-state index contributed by atoms with van der Waals surface area (Å²) in [5.41, 5.74) is 1.78. The molecule has 2 aliphatic rings. The quantitative estimate of drug-likeness (QED) is 0.905. The summed E-state index contributed by atoms with van der Waals surface area (Å²) < 4.78 is 0. The van der Waals surface area contributed by atoms with Crippen molar-refractivity contribution >= 4 is 5.91 Å². The molecule has 0 radical (unpaired) electrons. The first kappa shape index (κ1) is 15.1. The third kappa shape index (κ3) is 3.32. The number of nitrogens with zero attached hydrogens (tertiary/aromatic N) is 1. The molecule has 0 aromatic heterocycles. The highest BCUT2D eigenvalue weighted by Crippen LogP contribution is 2.49. The van der Waals surface area contributed by atoms with Gasteiger partial charge in [0.1, 0.15) is 0 Å². The Bertz CT molecular complexity index is 572. The van der Waals surface area contributed by atoms with Gasteiger partial charge in [0.15, 0.2) is 0 Å². The minimum atomic E-state index is 0.152. The number of rotatable bonds is 5. The highest BCUT2D eigenvalue weighted by molar-refractivity contribution is 5.76. The molecule has 3 nitrogen and oxygen atoms in total. The van der Waals surface area contributed by atoms with Crippen LogP contribution in [0.1, 0.15) is 50.2 Å². The lowest BCUT2D eigenvalue weighted by molar-refractivity contribution is -0.122. The summed E-state index contributed by atoms with van der Waals surface area (Å²) in [4.78, 5) is 12.1. The van der Waals surface area contributed by atoms with Gasteiger partial charge < -0.3 is 5.32 Å². The summed E-state index contributed by atoms with van der Waals surface area (Å²) in [5, 5.41) is 12.0. The van der Waals surface area contributed by atoms with Crippen LogP contribution >= 0.6 is 0 Å². The number of nitriles is 1. The van der Waals surface area contributed by atoms with Crippen LogP contribution in [0.5, 0.6) is 0 Å². The van der Waals surface area contributed by atoms with Crippen molar-refractivity contribution in [1.29, 1.82) is 5.26 Å². The second-order valence-corrected chi connectivity index (χ2v) is 7.00. The van der Waals surface area contributed by atoms with Gasteiger partial charge in [0, 0.05) is 12.5 Å². The summed E-state index contributed by atoms with van der Waals surface area (Å²) in [6.45, 7) is 2.17. The number of fused-ring (bicyclic) bond motifs is 2. The predicted molar refractivity (Wildman–Crippen MR) is 86.0 cm³/mol. The number of aryl methyl sites for hydroxylation is 1. The van der Waals surface area contributed by atoms with Crippen molar-refractivity contribution in [2.24, 2.45) is 17.8 Å². The summed E-state index contributed by atoms with van der Waals surface area (Å²) in [6, 6.07) is 9.91. The molecule has 0 spiro atoms. The molecule has 22 heavy (non-hydrogen) atoms. The van der Waals surface area contributed by atoms with Crippen molar-refractivity contribution in [3.63, 3.8) is 0 Å². The molecule has 4 unspecified atom stereocenters. The highest BCUT2D eigenvalue weighted by atomic mass is 16.1. The molecule has 116 valence electrons. The maximum absolute atomic E-state index is 12.1. The Morgan fingerprint density at radius 1 is 1.32 bits per heavy atom. The van der Waals surface area contributed by atoms with Crippen LogP contribution < -0.4 is 5.32 Å². The van der Waals surface area contributed by atoms with E-state index < -0.39 is 0 Å². The Hall–Kier alpha value is -1.82. The molecule has 2 bridgehead atoms. The van der Waals surface area contributed by atoms with Gasteiger partial charge in [0.25, 0.3) is 0 Å². The Labute approximate surface area is 132 Å². The first-order valence-corrected chi connectivity index (χ1v) is 8.44. The summed E-state index contributed by atoms with van der Waals surface area (Å²) in [6.07, 6.45) is 6.72. The van der Waals surface area contributed by atoms with E-state index in [0.29, 0.717) is 23.9 Å². The second-order valence-electron chi connectivity index (χ2n) is 7.00. The zero-order chi connectivity index (χ0) is 15.5. The molecule has 0 aliphatic heterocycles. The molecule has 3 heteroatoms. The predicted octanol–water partition coefficient (Wildman–Crippen LogP) is 3.43. The Morgan fingerprint density at radius 2 is 2.09 bits per heavy atom. The molecule has 1 amide bonds. The number of hydrogen-bond acceptors (Lipinski definition) is 2. The minimum absolute atomic E-state index is 0.152. The van der Waals surface area contributed by atoms with E-state index in [9.17, 15) is 4.79 Å². The number of nitrogens with one attached hydrogen (secondary N) is 1. The van der Waals surface area contributed by atoms with Gasteiger partial charge in [-0.15, -0.1) is 0 Å². The molecule has 0 heterocycles. The molecular weight excluding hydrogens is 272 g/mol. The zero-order valence-electron chi connectivity index (χ0n) is 13.2. The van der Waals surface area contributed by atoms with E-state index in [1.54, 1.807) is 0 Å². The SMILES string of the molecule is CC(NC(=O)CCc1ccc(C#N)cc1)C1CC2CCC1C2. The van der Waals surface area contributed by atoms with E-state index in [2.05, 4.69) is 18.3 Å². The van der Waals surface area contributed by atoms with Gasteiger partial charge in [-0.05, 0) is 68.1 Å². The number of carbonyl (C=O) groups excluding carboxylic acids is 1. The third-order valence-electron chi connectivity index (χ3n) is 5.55. The third-order valence-corrected chi connectivity index (χ3v) is 5.55. The summed E-state index contributed by atoms with van der Waals surface area (Å²) in [7, 11) is 0. The first-order valence-electron chi connectivity index (χ1n) is 8.44. The van der Waals surface area contributed by atoms with Gasteiger partial charge >= 0.3 is 0 Å². The van der Waals surface area contributed by atoms with Crippen LogP contribution in [0.4, 0.5) is 0 Å². The molecule has 3 rings (SSSR count). The van der Waals surface area contributed by atoms with E-state index in [1.165, 1.54) is 25.7 Å². The lowest BCUT2D eigenvalue weighted by Gasteiger charge is -2.28. The number of benzene rings is 1. The monoisotopic (exact) mass is 296 g/mol. The van der Waals surface area contributed by atoms with Crippen LogP contribution in [-0.4, -0.2) is 11.9 Å². The molecule has 2 fully saturated rings. The van der Waals surface area contributed by atoms with E-state index >= 15 is 0 Å². The zero-order valence-corrected chi connectivity index (χ0v) is 13.2. The maximum Gasteiger partial charge on any atom is 0.220 e. The number of hydrogen-bond donors (Lipinski definition) is 1. The fourth-order valence-corrected chi connectivity index (χ4v) is 4.34. The topological polar surface area (TPSA) is 52.9 Å². The Balaban J connectivity index is 1.45. The Morgan fingerprint density at radius 3 is 2.68 bits per heavy atom. The van der Waals surface area contributed by atoms with Gasteiger partial charge in [-0.1, -0.05) is 18.6 Å². The molecule has 2 aliphatic carbocycles. The van der Waals surface area contributed by atoms with Crippen LogP contribution in [0, 0.1) is 29.1 Å². The molecule has 1 aromatic carbocycles. The maximum atomic E-state index is 12.1. The van der Waals surface area contributed by atoms with Crippen molar-refractivity contribution in [2.75, 3.05) is 0 Å². The molecule has 1 aromatic rings. The van der Waals surface area contributed by atoms with Crippen molar-refractivity contribution in [1.82, 2.24) is 5.32 Å². The molecule has 4 atom stereocenters. The summed E-state index contributed by atoms with van der Waals surface area (Å²) >= 11 is 0. The van der Waals surface area contributed by atoms with Gasteiger partial charge in [0.2, 0.25) is 5.91 Å². The number of amides is 1. The van der Waals surface area contributed by atoms with Crippen molar-refractivity contribution < 1.29 is 4.79 Å². The van der Waals surface area contributed by atoms with Crippen LogP contribution in [0.25, 0.3) is 0 Å². The van der Waals surface area contributed by atoms with Gasteiger partial charge in [-0.25, -0.2) is 0 Å². The normalized spacial score (nSPS) is 27.4. The smallest absolute Gasteiger partial charge is 0.220 e. The van der Waals surface area contributed by atoms with E-state index in [0.717, 1.165) is 23.8 Å². The largest absolute Gasteiger partial charge is 0.353 e. The van der Waals surface area contributed by atoms with Crippen LogP contribution in [-0.2, 0) is 11.2 Å². The molecular formula is C19H24N2O. The number of carbonyl (C=O) groups is 1. The van der Waals surface area contributed by atoms with Crippen molar-refractivity contribution in [2.45, 2.75) is 51.5 Å². The fraction of sp³-hybridized carbons (Fsp3) is 0.579. The summed E-state index contributed by atoms with van der Waals surface area (Å²) in [5.74, 6) is 2.61. The molecule has 0 saturated heterocycles. The van der Waals surface area contributed by atoms with Crippen molar-refractivity contribution in [3.05, 3.63) is 35.4 Å². The highest BCUT2D eigenvalue weighted by Gasteiger charge is 2.41. The second kappa shape index (κ2) is 6.52. The fourth-order valence-electron chi connectivity index (χ4n) is 4.34. The van der Waals surface area contributed by atoms with E-state index in [-0.39, 0.29) is 5.91 Å². The van der Waals surface area contributed by atoms with E-state index in [4.69, 9.17) is 5.26 Å². The first-order chi connectivity index (χ1) is 10.7. The standard InChI is InChI=1S/C19H24N2O/c1-13(18-11-16-6-8-17(18)10-16)21-19(22)9-7-14-2-4-15(12-20)5-3-14/h2-5,13,16-18H,6-11H2,1H3,(H,21,22). The van der Waals surface area contributed by atoms with Crippen LogP contribution in [0.2, 0.25) is 0 Å². The molecule has 2 saturated carbocycles. The van der Waals surface area contributed by atoms with Crippen LogP contribution in [0.3, 0.4) is 0 Å². The van der Waals surface area contributed by atoms with Gasteiger partial charge in [0.05, 0.1) is 11.6 Å². The minimum Gasteiger partial charge on any atom is -0.353 e. The lowest BCUT2D eigenvalue weighted by Crippen LogP contribution is -2.40.